The third-order valence-corrected chi connectivity index (χ3v) is 6.79. The summed E-state index contributed by atoms with van der Waals surface area (Å²) in [5.74, 6) is 1.99. The van der Waals surface area contributed by atoms with Gasteiger partial charge in [0.25, 0.3) is 5.91 Å². The van der Waals surface area contributed by atoms with E-state index in [1.54, 1.807) is 0 Å². The standard InChI is InChI=1S/C26H30N2O3S/c1-3-30-22-11-10-21(23(18-22)31-4-2)17-24-25(29)27-26(32-24)28-14-12-20(13-15-28)16-19-8-6-5-7-9-19/h5-11,17-18,20H,3-4,12-16H2,1-2H3. The van der Waals surface area contributed by atoms with Crippen LogP contribution in [0.15, 0.2) is 58.4 Å². The molecule has 0 saturated carbocycles. The number of carbonyl (C=O) groups excluding carboxylic acids is 1. The van der Waals surface area contributed by atoms with Gasteiger partial charge >= 0.3 is 0 Å². The summed E-state index contributed by atoms with van der Waals surface area (Å²) in [5, 5.41) is 0.823. The van der Waals surface area contributed by atoms with Gasteiger partial charge in [-0.1, -0.05) is 30.3 Å². The number of benzene rings is 2. The smallest absolute Gasteiger partial charge is 0.286 e. The van der Waals surface area contributed by atoms with Crippen LogP contribution in [0.1, 0.15) is 37.8 Å². The van der Waals surface area contributed by atoms with Crippen molar-refractivity contribution in [3.05, 3.63) is 64.6 Å². The Morgan fingerprint density at radius 3 is 2.53 bits per heavy atom. The summed E-state index contributed by atoms with van der Waals surface area (Å²) < 4.78 is 11.4. The molecule has 0 atom stereocenters. The maximum absolute atomic E-state index is 12.6. The van der Waals surface area contributed by atoms with Crippen molar-refractivity contribution in [2.24, 2.45) is 10.9 Å². The molecule has 0 N–H and O–H groups in total. The van der Waals surface area contributed by atoms with Gasteiger partial charge in [0.2, 0.25) is 0 Å². The van der Waals surface area contributed by atoms with Gasteiger partial charge in [-0.05, 0) is 74.6 Å². The number of thioether (sulfide) groups is 1. The number of amidine groups is 1. The van der Waals surface area contributed by atoms with E-state index in [4.69, 9.17) is 9.47 Å². The Morgan fingerprint density at radius 2 is 1.81 bits per heavy atom. The molecule has 4 rings (SSSR count). The minimum Gasteiger partial charge on any atom is -0.494 e. The fourth-order valence-corrected chi connectivity index (χ4v) is 5.08. The van der Waals surface area contributed by atoms with Gasteiger partial charge in [-0.25, -0.2) is 0 Å². The predicted molar refractivity (Wildman–Crippen MR) is 131 cm³/mol. The monoisotopic (exact) mass is 450 g/mol. The molecular formula is C26H30N2O3S. The number of carbonyl (C=O) groups is 1. The fraction of sp³-hybridized carbons (Fsp3) is 0.385. The zero-order valence-corrected chi connectivity index (χ0v) is 19.6. The van der Waals surface area contributed by atoms with Crippen LogP contribution in [0, 0.1) is 5.92 Å². The first-order chi connectivity index (χ1) is 15.7. The van der Waals surface area contributed by atoms with E-state index in [0.717, 1.165) is 54.6 Å². The normalized spacial score (nSPS) is 18.2. The van der Waals surface area contributed by atoms with Gasteiger partial charge in [-0.15, -0.1) is 0 Å². The Bertz CT molecular complexity index is 995. The average molecular weight is 451 g/mol. The second kappa shape index (κ2) is 10.7. The van der Waals surface area contributed by atoms with Crippen molar-refractivity contribution in [1.29, 1.82) is 0 Å². The maximum atomic E-state index is 12.6. The predicted octanol–water partition coefficient (Wildman–Crippen LogP) is 5.41. The average Bonchev–Trinajstić information content (AvgIpc) is 3.17. The van der Waals surface area contributed by atoms with E-state index in [9.17, 15) is 4.79 Å². The highest BCUT2D eigenvalue weighted by atomic mass is 32.2. The van der Waals surface area contributed by atoms with Crippen LogP contribution >= 0.6 is 11.8 Å². The van der Waals surface area contributed by atoms with Crippen molar-refractivity contribution in [3.8, 4) is 11.5 Å². The largest absolute Gasteiger partial charge is 0.494 e. The molecule has 5 nitrogen and oxygen atoms in total. The van der Waals surface area contributed by atoms with E-state index in [1.165, 1.54) is 17.3 Å². The van der Waals surface area contributed by atoms with Crippen molar-refractivity contribution in [2.45, 2.75) is 33.1 Å². The number of hydrogen-bond donors (Lipinski definition) is 0. The van der Waals surface area contributed by atoms with Crippen LogP contribution in [0.2, 0.25) is 0 Å². The number of aliphatic imine (C=N–C) groups is 1. The van der Waals surface area contributed by atoms with Gasteiger partial charge in [0.15, 0.2) is 5.17 Å². The number of ether oxygens (including phenoxy) is 2. The number of nitrogens with zero attached hydrogens (tertiary/aromatic N) is 2. The third-order valence-electron chi connectivity index (χ3n) is 5.74. The van der Waals surface area contributed by atoms with Crippen molar-refractivity contribution >= 4 is 28.9 Å². The molecule has 1 fully saturated rings. The SMILES string of the molecule is CCOc1ccc(C=C2SC(N3CCC(Cc4ccccc4)CC3)=NC2=O)c(OCC)c1. The van der Waals surface area contributed by atoms with E-state index in [0.29, 0.717) is 24.0 Å². The van der Waals surface area contributed by atoms with E-state index in [2.05, 4.69) is 40.2 Å². The maximum Gasteiger partial charge on any atom is 0.286 e. The Hall–Kier alpha value is -2.73. The number of piperidine rings is 1. The molecule has 0 spiro atoms. The van der Waals surface area contributed by atoms with Crippen LogP contribution in [0.3, 0.4) is 0 Å². The summed E-state index contributed by atoms with van der Waals surface area (Å²) in [6.45, 7) is 6.93. The second-order valence-electron chi connectivity index (χ2n) is 8.00. The fourth-order valence-electron chi connectivity index (χ4n) is 4.12. The van der Waals surface area contributed by atoms with Crippen molar-refractivity contribution < 1.29 is 14.3 Å². The van der Waals surface area contributed by atoms with E-state index in [-0.39, 0.29) is 5.91 Å². The second-order valence-corrected chi connectivity index (χ2v) is 9.01. The molecule has 2 aromatic carbocycles. The van der Waals surface area contributed by atoms with E-state index in [1.807, 2.05) is 38.1 Å². The van der Waals surface area contributed by atoms with Crippen molar-refractivity contribution in [2.75, 3.05) is 26.3 Å². The zero-order valence-electron chi connectivity index (χ0n) is 18.8. The summed E-state index contributed by atoms with van der Waals surface area (Å²) in [4.78, 5) is 19.9. The van der Waals surface area contributed by atoms with Crippen molar-refractivity contribution in [3.63, 3.8) is 0 Å². The number of amides is 1. The van der Waals surface area contributed by atoms with E-state index >= 15 is 0 Å². The van der Waals surface area contributed by atoms with Gasteiger partial charge in [0, 0.05) is 24.7 Å². The highest BCUT2D eigenvalue weighted by molar-refractivity contribution is 8.18. The van der Waals surface area contributed by atoms with Gasteiger partial charge in [0.1, 0.15) is 11.5 Å². The quantitative estimate of drug-likeness (QED) is 0.528. The van der Waals surface area contributed by atoms with E-state index < -0.39 is 0 Å². The Morgan fingerprint density at radius 1 is 1.06 bits per heavy atom. The molecule has 32 heavy (non-hydrogen) atoms. The molecule has 6 heteroatoms. The molecule has 0 aliphatic carbocycles. The lowest BCUT2D eigenvalue weighted by Crippen LogP contribution is -2.37. The highest BCUT2D eigenvalue weighted by Crippen LogP contribution is 2.35. The van der Waals surface area contributed by atoms with Crippen LogP contribution < -0.4 is 9.47 Å². The molecule has 2 aromatic rings. The summed E-state index contributed by atoms with van der Waals surface area (Å²) >= 11 is 1.47. The summed E-state index contributed by atoms with van der Waals surface area (Å²) in [5.41, 5.74) is 2.27. The molecule has 0 radical (unpaired) electrons. The molecule has 0 unspecified atom stereocenters. The molecule has 2 aliphatic rings. The molecule has 1 amide bonds. The first kappa shape index (κ1) is 22.5. The molecule has 1 saturated heterocycles. The van der Waals surface area contributed by atoms with Crippen molar-refractivity contribution in [1.82, 2.24) is 4.90 Å². The molecule has 2 aliphatic heterocycles. The van der Waals surface area contributed by atoms with Crippen LogP contribution in [-0.2, 0) is 11.2 Å². The van der Waals surface area contributed by atoms with Crippen LogP contribution in [0.5, 0.6) is 11.5 Å². The van der Waals surface area contributed by atoms with Crippen LogP contribution in [0.4, 0.5) is 0 Å². The third kappa shape index (κ3) is 5.54. The van der Waals surface area contributed by atoms with Gasteiger partial charge < -0.3 is 14.4 Å². The first-order valence-electron chi connectivity index (χ1n) is 11.4. The van der Waals surface area contributed by atoms with Crippen LogP contribution in [-0.4, -0.2) is 42.3 Å². The lowest BCUT2D eigenvalue weighted by molar-refractivity contribution is -0.113. The van der Waals surface area contributed by atoms with Gasteiger partial charge in [0.05, 0.1) is 18.1 Å². The van der Waals surface area contributed by atoms with Gasteiger partial charge in [-0.3, -0.25) is 4.79 Å². The lowest BCUT2D eigenvalue weighted by Gasteiger charge is -2.32. The molecule has 168 valence electrons. The number of rotatable bonds is 7. The molecule has 0 bridgehead atoms. The summed E-state index contributed by atoms with van der Waals surface area (Å²) in [6, 6.07) is 16.4. The number of hydrogen-bond acceptors (Lipinski definition) is 5. The Labute approximate surface area is 194 Å². The first-order valence-corrected chi connectivity index (χ1v) is 12.2. The molecule has 0 aromatic heterocycles. The summed E-state index contributed by atoms with van der Waals surface area (Å²) in [6.07, 6.45) is 5.24. The van der Waals surface area contributed by atoms with Crippen LogP contribution in [0.25, 0.3) is 6.08 Å². The Kier molecular flexibility index (Phi) is 7.53. The Balaban J connectivity index is 1.39. The minimum absolute atomic E-state index is 0.173. The topological polar surface area (TPSA) is 51.1 Å². The zero-order chi connectivity index (χ0) is 22.3. The van der Waals surface area contributed by atoms with Gasteiger partial charge in [-0.2, -0.15) is 4.99 Å². The minimum atomic E-state index is -0.173. The summed E-state index contributed by atoms with van der Waals surface area (Å²) in [7, 11) is 0. The molecule has 2 heterocycles. The molecular weight excluding hydrogens is 420 g/mol. The highest BCUT2D eigenvalue weighted by Gasteiger charge is 2.29. The number of likely N-dealkylation sites (tertiary alicyclic amines) is 1. The lowest BCUT2D eigenvalue weighted by atomic mass is 9.90.